The molecule has 1 heterocycles. The molecule has 4 nitrogen and oxygen atoms in total. The van der Waals surface area contributed by atoms with Gasteiger partial charge in [0.05, 0.1) is 17.4 Å². The molecule has 0 radical (unpaired) electrons. The summed E-state index contributed by atoms with van der Waals surface area (Å²) in [5.74, 6) is 0.465. The van der Waals surface area contributed by atoms with E-state index in [1.54, 1.807) is 6.33 Å². The first-order chi connectivity index (χ1) is 9.38. The molecular weight excluding hydrogens is 250 g/mol. The molecule has 1 amide bonds. The van der Waals surface area contributed by atoms with Gasteiger partial charge in [-0.15, -0.1) is 0 Å². The molecule has 0 aliphatic carbocycles. The molecule has 0 bridgehead atoms. The molecule has 2 aromatic rings. The van der Waals surface area contributed by atoms with Gasteiger partial charge in [-0.1, -0.05) is 13.8 Å². The van der Waals surface area contributed by atoms with Gasteiger partial charge in [-0.2, -0.15) is 0 Å². The normalized spacial score (nSPS) is 12.9. The van der Waals surface area contributed by atoms with E-state index >= 15 is 0 Å². The number of carbonyl (C=O) groups excluding carboxylic acids is 1. The fourth-order valence-corrected chi connectivity index (χ4v) is 2.06. The summed E-state index contributed by atoms with van der Waals surface area (Å²) in [5.41, 5.74) is 4.40. The van der Waals surface area contributed by atoms with Crippen LogP contribution in [0.2, 0.25) is 0 Å². The number of hydrogen-bond donors (Lipinski definition) is 1. The van der Waals surface area contributed by atoms with Gasteiger partial charge in [0.2, 0.25) is 5.91 Å². The molecule has 1 aromatic carbocycles. The lowest BCUT2D eigenvalue weighted by Crippen LogP contribution is -2.38. The number of hydrogen-bond acceptors (Lipinski definition) is 2. The average molecular weight is 273 g/mol. The monoisotopic (exact) mass is 273 g/mol. The van der Waals surface area contributed by atoms with E-state index in [4.69, 9.17) is 0 Å². The van der Waals surface area contributed by atoms with Crippen molar-refractivity contribution in [2.75, 3.05) is 0 Å². The predicted molar refractivity (Wildman–Crippen MR) is 81.6 cm³/mol. The third-order valence-electron chi connectivity index (χ3n) is 3.94. The van der Waals surface area contributed by atoms with Gasteiger partial charge in [0.25, 0.3) is 0 Å². The number of imidazole rings is 1. The van der Waals surface area contributed by atoms with Crippen LogP contribution in [-0.2, 0) is 11.3 Å². The number of aromatic nitrogens is 2. The zero-order chi connectivity index (χ0) is 14.9. The van der Waals surface area contributed by atoms with Crippen LogP contribution < -0.4 is 5.32 Å². The maximum atomic E-state index is 12.1. The van der Waals surface area contributed by atoms with Crippen molar-refractivity contribution in [3.8, 4) is 0 Å². The Morgan fingerprint density at radius 2 is 1.90 bits per heavy atom. The quantitative estimate of drug-likeness (QED) is 0.931. The Kier molecular flexibility index (Phi) is 4.12. The zero-order valence-corrected chi connectivity index (χ0v) is 12.9. The molecule has 0 saturated carbocycles. The standard InChI is InChI=1S/C16H23N3O/c1-10(2)13(5)18-16(20)8-19-9-17-14-6-11(3)12(4)7-15(14)19/h6-7,9-10,13H,8H2,1-5H3,(H,18,20)/t13-/m1/s1. The lowest BCUT2D eigenvalue weighted by molar-refractivity contribution is -0.122. The summed E-state index contributed by atoms with van der Waals surface area (Å²) in [6.07, 6.45) is 1.74. The molecule has 1 N–H and O–H groups in total. The van der Waals surface area contributed by atoms with Gasteiger partial charge >= 0.3 is 0 Å². The van der Waals surface area contributed by atoms with E-state index in [0.29, 0.717) is 12.5 Å². The maximum Gasteiger partial charge on any atom is 0.240 e. The van der Waals surface area contributed by atoms with Crippen LogP contribution in [0.25, 0.3) is 11.0 Å². The summed E-state index contributed by atoms with van der Waals surface area (Å²) in [5, 5.41) is 3.02. The van der Waals surface area contributed by atoms with Crippen LogP contribution in [0.4, 0.5) is 0 Å². The highest BCUT2D eigenvalue weighted by Crippen LogP contribution is 2.18. The maximum absolute atomic E-state index is 12.1. The molecule has 0 aliphatic heterocycles. The summed E-state index contributed by atoms with van der Waals surface area (Å²) < 4.78 is 1.91. The first-order valence-corrected chi connectivity index (χ1v) is 7.10. The van der Waals surface area contributed by atoms with Crippen LogP contribution in [0.15, 0.2) is 18.5 Å². The van der Waals surface area contributed by atoms with Crippen LogP contribution in [0.5, 0.6) is 0 Å². The number of nitrogens with zero attached hydrogens (tertiary/aromatic N) is 2. The van der Waals surface area contributed by atoms with E-state index < -0.39 is 0 Å². The highest BCUT2D eigenvalue weighted by molar-refractivity contribution is 5.81. The second kappa shape index (κ2) is 5.65. The Bertz CT molecular complexity index is 628. The fraction of sp³-hybridized carbons (Fsp3) is 0.500. The Balaban J connectivity index is 2.18. The summed E-state index contributed by atoms with van der Waals surface area (Å²) in [6.45, 7) is 10.7. The van der Waals surface area contributed by atoms with Crippen molar-refractivity contribution in [3.05, 3.63) is 29.6 Å². The van der Waals surface area contributed by atoms with Crippen molar-refractivity contribution in [3.63, 3.8) is 0 Å². The van der Waals surface area contributed by atoms with Gasteiger partial charge < -0.3 is 9.88 Å². The summed E-state index contributed by atoms with van der Waals surface area (Å²) in [6, 6.07) is 4.34. The molecule has 0 saturated heterocycles. The number of benzene rings is 1. The lowest BCUT2D eigenvalue weighted by Gasteiger charge is -2.17. The van der Waals surface area contributed by atoms with Crippen molar-refractivity contribution in [2.24, 2.45) is 5.92 Å². The number of carbonyl (C=O) groups is 1. The van der Waals surface area contributed by atoms with Crippen LogP contribution in [0.3, 0.4) is 0 Å². The number of amides is 1. The summed E-state index contributed by atoms with van der Waals surface area (Å²) in [4.78, 5) is 16.4. The van der Waals surface area contributed by atoms with Crippen molar-refractivity contribution < 1.29 is 4.79 Å². The molecular formula is C16H23N3O. The minimum Gasteiger partial charge on any atom is -0.352 e. The van der Waals surface area contributed by atoms with Crippen molar-refractivity contribution in [1.29, 1.82) is 0 Å². The molecule has 0 aliphatic rings. The number of rotatable bonds is 4. The minimum absolute atomic E-state index is 0.0312. The van der Waals surface area contributed by atoms with Gasteiger partial charge in [-0.25, -0.2) is 4.98 Å². The van der Waals surface area contributed by atoms with E-state index in [9.17, 15) is 4.79 Å². The van der Waals surface area contributed by atoms with Gasteiger partial charge in [-0.05, 0) is 49.9 Å². The van der Waals surface area contributed by atoms with Crippen LogP contribution in [-0.4, -0.2) is 21.5 Å². The number of aryl methyl sites for hydroxylation is 2. The third kappa shape index (κ3) is 3.00. The fourth-order valence-electron chi connectivity index (χ4n) is 2.06. The van der Waals surface area contributed by atoms with Crippen LogP contribution >= 0.6 is 0 Å². The van der Waals surface area contributed by atoms with Crippen molar-refractivity contribution in [1.82, 2.24) is 14.9 Å². The molecule has 0 fully saturated rings. The van der Waals surface area contributed by atoms with Crippen molar-refractivity contribution in [2.45, 2.75) is 47.2 Å². The zero-order valence-electron chi connectivity index (χ0n) is 12.9. The first-order valence-electron chi connectivity index (χ1n) is 7.10. The van der Waals surface area contributed by atoms with Crippen LogP contribution in [0.1, 0.15) is 31.9 Å². The van der Waals surface area contributed by atoms with Crippen molar-refractivity contribution >= 4 is 16.9 Å². The molecule has 2 rings (SSSR count). The number of nitrogens with one attached hydrogen (secondary N) is 1. The molecule has 1 atom stereocenters. The molecule has 0 unspecified atom stereocenters. The van der Waals surface area contributed by atoms with Gasteiger partial charge in [-0.3, -0.25) is 4.79 Å². The molecule has 1 aromatic heterocycles. The Morgan fingerprint density at radius 1 is 1.25 bits per heavy atom. The highest BCUT2D eigenvalue weighted by Gasteiger charge is 2.12. The third-order valence-corrected chi connectivity index (χ3v) is 3.94. The molecule has 4 heteroatoms. The predicted octanol–water partition coefficient (Wildman–Crippen LogP) is 2.81. The molecule has 0 spiro atoms. The Hall–Kier alpha value is -1.84. The largest absolute Gasteiger partial charge is 0.352 e. The summed E-state index contributed by atoms with van der Waals surface area (Å²) in [7, 11) is 0. The SMILES string of the molecule is Cc1cc2ncn(CC(=O)N[C@H](C)C(C)C)c2cc1C. The van der Waals surface area contributed by atoms with E-state index in [0.717, 1.165) is 11.0 Å². The minimum atomic E-state index is 0.0312. The summed E-state index contributed by atoms with van der Waals surface area (Å²) >= 11 is 0. The first kappa shape index (κ1) is 14.6. The molecule has 108 valence electrons. The second-order valence-electron chi connectivity index (χ2n) is 5.90. The van der Waals surface area contributed by atoms with Crippen LogP contribution in [0, 0.1) is 19.8 Å². The van der Waals surface area contributed by atoms with E-state index in [1.165, 1.54) is 11.1 Å². The van der Waals surface area contributed by atoms with E-state index in [-0.39, 0.29) is 11.9 Å². The van der Waals surface area contributed by atoms with Gasteiger partial charge in [0.1, 0.15) is 6.54 Å². The topological polar surface area (TPSA) is 46.9 Å². The van der Waals surface area contributed by atoms with E-state index in [2.05, 4.69) is 50.1 Å². The lowest BCUT2D eigenvalue weighted by atomic mass is 10.1. The van der Waals surface area contributed by atoms with E-state index in [1.807, 2.05) is 11.5 Å². The Labute approximate surface area is 120 Å². The Morgan fingerprint density at radius 3 is 2.55 bits per heavy atom. The van der Waals surface area contributed by atoms with Gasteiger partial charge in [0.15, 0.2) is 0 Å². The second-order valence-corrected chi connectivity index (χ2v) is 5.90. The van der Waals surface area contributed by atoms with Gasteiger partial charge in [0, 0.05) is 6.04 Å². The number of fused-ring (bicyclic) bond motifs is 1. The average Bonchev–Trinajstić information content (AvgIpc) is 2.72. The molecule has 20 heavy (non-hydrogen) atoms. The smallest absolute Gasteiger partial charge is 0.240 e. The highest BCUT2D eigenvalue weighted by atomic mass is 16.2.